The quantitative estimate of drug-likeness (QED) is 0.162. The highest BCUT2D eigenvalue weighted by Crippen LogP contribution is 2.10. The second-order valence-corrected chi connectivity index (χ2v) is 7.97. The van der Waals surface area contributed by atoms with Crippen molar-refractivity contribution in [3.63, 3.8) is 0 Å². The van der Waals surface area contributed by atoms with Crippen LogP contribution in [0.5, 0.6) is 5.75 Å². The zero-order chi connectivity index (χ0) is 26.5. The molecule has 36 heavy (non-hydrogen) atoms. The summed E-state index contributed by atoms with van der Waals surface area (Å²) in [6, 6.07) is 13.2. The highest BCUT2D eigenvalue weighted by molar-refractivity contribution is 5.93. The summed E-state index contributed by atoms with van der Waals surface area (Å²) < 4.78 is 0. The smallest absolute Gasteiger partial charge is 0.243 e. The van der Waals surface area contributed by atoms with Crippen LogP contribution in [-0.4, -0.2) is 66.4 Å². The average Bonchev–Trinajstić information content (AvgIpc) is 2.86. The summed E-state index contributed by atoms with van der Waals surface area (Å²) >= 11 is 0. The third-order valence-electron chi connectivity index (χ3n) is 4.97. The third-order valence-corrected chi connectivity index (χ3v) is 4.97. The van der Waals surface area contributed by atoms with Gasteiger partial charge >= 0.3 is 0 Å². The predicted octanol–water partition coefficient (Wildman–Crippen LogP) is -2.18. The van der Waals surface area contributed by atoms with E-state index >= 15 is 0 Å². The van der Waals surface area contributed by atoms with E-state index in [9.17, 15) is 29.1 Å². The minimum absolute atomic E-state index is 0.0927. The van der Waals surface area contributed by atoms with Crippen molar-refractivity contribution in [2.45, 2.75) is 24.9 Å². The van der Waals surface area contributed by atoms with Crippen LogP contribution in [0.25, 0.3) is 0 Å². The van der Waals surface area contributed by atoms with E-state index in [1.807, 2.05) is 0 Å². The van der Waals surface area contributed by atoms with Crippen LogP contribution in [0.2, 0.25) is 0 Å². The Morgan fingerprint density at radius 2 is 1.31 bits per heavy atom. The van der Waals surface area contributed by atoms with E-state index in [1.54, 1.807) is 42.5 Å². The van der Waals surface area contributed by atoms with Gasteiger partial charge in [0.1, 0.15) is 11.8 Å². The van der Waals surface area contributed by atoms with E-state index in [-0.39, 0.29) is 25.1 Å². The van der Waals surface area contributed by atoms with Crippen molar-refractivity contribution in [3.8, 4) is 5.75 Å². The summed E-state index contributed by atoms with van der Waals surface area (Å²) in [5.41, 5.74) is 12.4. The lowest BCUT2D eigenvalue weighted by atomic mass is 10.1. The van der Waals surface area contributed by atoms with E-state index in [2.05, 4.69) is 21.3 Å². The first-order valence-electron chi connectivity index (χ1n) is 11.1. The Morgan fingerprint density at radius 1 is 0.722 bits per heavy atom. The summed E-state index contributed by atoms with van der Waals surface area (Å²) in [6.45, 7) is -1.23. The van der Waals surface area contributed by atoms with Gasteiger partial charge in [-0.15, -0.1) is 0 Å². The Labute approximate surface area is 207 Å². The lowest BCUT2D eigenvalue weighted by Crippen LogP contribution is -2.52. The van der Waals surface area contributed by atoms with Crippen LogP contribution < -0.4 is 32.7 Å². The van der Waals surface area contributed by atoms with Gasteiger partial charge in [-0.25, -0.2) is 0 Å². The van der Waals surface area contributed by atoms with Crippen LogP contribution in [0, 0.1) is 0 Å². The number of rotatable bonds is 13. The first-order valence-corrected chi connectivity index (χ1v) is 11.1. The molecule has 2 unspecified atom stereocenters. The second-order valence-electron chi connectivity index (χ2n) is 7.97. The zero-order valence-corrected chi connectivity index (χ0v) is 19.5. The standard InChI is InChI=1S/C24H30N6O6/c25-18(10-16-6-8-17(31)9-7-16)23(35)29-13-21(33)27-14-22(34)30-19(24(36)28-12-20(26)32)11-15-4-2-1-3-5-15/h1-9,18-19,31H,10-14,25H2,(H2,26,32)(H,27,33)(H,28,36)(H,29,35)(H,30,34). The van der Waals surface area contributed by atoms with Gasteiger partial charge in [0.15, 0.2) is 0 Å². The molecule has 0 aliphatic carbocycles. The summed E-state index contributed by atoms with van der Waals surface area (Å²) in [7, 11) is 0. The first kappa shape index (κ1) is 27.8. The van der Waals surface area contributed by atoms with Gasteiger partial charge in [-0.05, 0) is 29.7 Å². The van der Waals surface area contributed by atoms with Crippen molar-refractivity contribution in [2.75, 3.05) is 19.6 Å². The molecule has 0 fully saturated rings. The number of nitrogens with one attached hydrogen (secondary N) is 4. The molecule has 12 nitrogen and oxygen atoms in total. The summed E-state index contributed by atoms with van der Waals surface area (Å²) in [5.74, 6) is -3.08. The maximum atomic E-state index is 12.4. The molecule has 0 bridgehead atoms. The van der Waals surface area contributed by atoms with Crippen LogP contribution in [0.1, 0.15) is 11.1 Å². The Kier molecular flexibility index (Phi) is 10.9. The molecule has 0 aromatic heterocycles. The van der Waals surface area contributed by atoms with E-state index in [4.69, 9.17) is 11.5 Å². The van der Waals surface area contributed by atoms with Gasteiger partial charge in [0.2, 0.25) is 29.5 Å². The molecule has 0 saturated carbocycles. The number of carbonyl (C=O) groups excluding carboxylic acids is 5. The maximum Gasteiger partial charge on any atom is 0.243 e. The minimum atomic E-state index is -1.01. The summed E-state index contributed by atoms with van der Waals surface area (Å²) in [4.78, 5) is 59.9. The number of hydrogen-bond donors (Lipinski definition) is 7. The molecule has 5 amide bonds. The monoisotopic (exact) mass is 498 g/mol. The van der Waals surface area contributed by atoms with E-state index in [0.717, 1.165) is 11.1 Å². The summed E-state index contributed by atoms with van der Waals surface area (Å²) in [5, 5.41) is 18.9. The van der Waals surface area contributed by atoms with E-state index in [0.29, 0.717) is 0 Å². The van der Waals surface area contributed by atoms with Crippen molar-refractivity contribution < 1.29 is 29.1 Å². The lowest BCUT2D eigenvalue weighted by Gasteiger charge is -2.18. The van der Waals surface area contributed by atoms with Crippen LogP contribution in [-0.2, 0) is 36.8 Å². The van der Waals surface area contributed by atoms with Gasteiger partial charge in [-0.2, -0.15) is 0 Å². The number of hydrogen-bond acceptors (Lipinski definition) is 7. The lowest BCUT2D eigenvalue weighted by molar-refractivity contribution is -0.130. The SMILES string of the molecule is NC(=O)CNC(=O)C(Cc1ccccc1)NC(=O)CNC(=O)CNC(=O)C(N)Cc1ccc(O)cc1. The molecular weight excluding hydrogens is 468 g/mol. The Hall–Kier alpha value is -4.45. The topological polar surface area (TPSA) is 206 Å². The molecule has 192 valence electrons. The van der Waals surface area contributed by atoms with Gasteiger partial charge in [0.25, 0.3) is 0 Å². The van der Waals surface area contributed by atoms with Crippen LogP contribution >= 0.6 is 0 Å². The molecule has 12 heteroatoms. The fourth-order valence-corrected chi connectivity index (χ4v) is 3.12. The molecule has 0 saturated heterocycles. The number of phenolic OH excluding ortho intramolecular Hbond substituents is 1. The predicted molar refractivity (Wildman–Crippen MR) is 130 cm³/mol. The number of carbonyl (C=O) groups is 5. The fraction of sp³-hybridized carbons (Fsp3) is 0.292. The average molecular weight is 499 g/mol. The number of primary amides is 1. The van der Waals surface area contributed by atoms with Crippen LogP contribution in [0.15, 0.2) is 54.6 Å². The number of nitrogens with two attached hydrogens (primary N) is 2. The number of amides is 5. The summed E-state index contributed by atoms with van der Waals surface area (Å²) in [6.07, 6.45) is 0.358. The van der Waals surface area contributed by atoms with Crippen molar-refractivity contribution in [1.29, 1.82) is 0 Å². The van der Waals surface area contributed by atoms with Crippen LogP contribution in [0.4, 0.5) is 0 Å². The molecule has 2 atom stereocenters. The molecule has 2 rings (SSSR count). The van der Waals surface area contributed by atoms with Crippen LogP contribution in [0.3, 0.4) is 0 Å². The molecule has 0 aliphatic rings. The Bertz CT molecular complexity index is 1060. The second kappa shape index (κ2) is 14.1. The molecular formula is C24H30N6O6. The molecule has 0 aliphatic heterocycles. The molecule has 2 aromatic carbocycles. The fourth-order valence-electron chi connectivity index (χ4n) is 3.12. The van der Waals surface area contributed by atoms with Crippen molar-refractivity contribution in [1.82, 2.24) is 21.3 Å². The van der Waals surface area contributed by atoms with Gasteiger partial charge in [-0.3, -0.25) is 24.0 Å². The highest BCUT2D eigenvalue weighted by Gasteiger charge is 2.22. The van der Waals surface area contributed by atoms with E-state index < -0.39 is 54.7 Å². The van der Waals surface area contributed by atoms with Crippen molar-refractivity contribution in [3.05, 3.63) is 65.7 Å². The molecule has 9 N–H and O–H groups in total. The number of aromatic hydroxyl groups is 1. The highest BCUT2D eigenvalue weighted by atomic mass is 16.3. The van der Waals surface area contributed by atoms with Gasteiger partial charge in [0.05, 0.1) is 25.7 Å². The number of phenols is 1. The first-order chi connectivity index (χ1) is 17.1. The van der Waals surface area contributed by atoms with Gasteiger partial charge in [0, 0.05) is 6.42 Å². The molecule has 0 radical (unpaired) electrons. The maximum absolute atomic E-state index is 12.4. The normalized spacial score (nSPS) is 12.0. The number of benzene rings is 2. The van der Waals surface area contributed by atoms with Crippen molar-refractivity contribution >= 4 is 29.5 Å². The van der Waals surface area contributed by atoms with E-state index in [1.165, 1.54) is 12.1 Å². The molecule has 0 spiro atoms. The zero-order valence-electron chi connectivity index (χ0n) is 19.5. The Balaban J connectivity index is 1.79. The van der Waals surface area contributed by atoms with Crippen molar-refractivity contribution in [2.24, 2.45) is 11.5 Å². The van der Waals surface area contributed by atoms with Gasteiger partial charge in [-0.1, -0.05) is 42.5 Å². The molecule has 0 heterocycles. The minimum Gasteiger partial charge on any atom is -0.508 e. The largest absolute Gasteiger partial charge is 0.508 e. The van der Waals surface area contributed by atoms with Gasteiger partial charge < -0.3 is 37.8 Å². The molecule has 2 aromatic rings. The Morgan fingerprint density at radius 3 is 1.94 bits per heavy atom. The third kappa shape index (κ3) is 10.2.